The molecule has 1 fully saturated rings. The number of hydrogen-bond acceptors (Lipinski definition) is 7. The Morgan fingerprint density at radius 1 is 0.556 bits per heavy atom. The maximum absolute atomic E-state index is 12.9. The molecule has 45 heavy (non-hydrogen) atoms. The van der Waals surface area contributed by atoms with Gasteiger partial charge in [-0.05, 0) is 29.2 Å². The summed E-state index contributed by atoms with van der Waals surface area (Å²) in [6, 6.07) is 39.6. The monoisotopic (exact) mass is 609 g/mol. The summed E-state index contributed by atoms with van der Waals surface area (Å²) < 4.78 is 31.7. The Morgan fingerprint density at radius 3 is 1.40 bits per heavy atom. The summed E-state index contributed by atoms with van der Waals surface area (Å²) in [6.07, 6.45) is -1.34. The number of rotatable bonds is 16. The second-order valence-corrected chi connectivity index (χ2v) is 11.2. The van der Waals surface area contributed by atoms with Crippen molar-refractivity contribution >= 4 is 5.97 Å². The van der Waals surface area contributed by atoms with E-state index < -0.39 is 24.4 Å². The van der Waals surface area contributed by atoms with Crippen LogP contribution in [0.4, 0.5) is 0 Å². The maximum atomic E-state index is 12.9. The Morgan fingerprint density at radius 2 is 0.956 bits per heavy atom. The lowest BCUT2D eigenvalue weighted by Crippen LogP contribution is -2.68. The number of benzene rings is 4. The molecule has 1 heterocycles. The predicted molar refractivity (Wildman–Crippen MR) is 173 cm³/mol. The summed E-state index contributed by atoms with van der Waals surface area (Å²) in [5.41, 5.74) is 4.21. The predicted octanol–water partition coefficient (Wildman–Crippen LogP) is 6.25. The Bertz CT molecular complexity index is 1390. The van der Waals surface area contributed by atoms with Crippen molar-refractivity contribution in [3.63, 3.8) is 0 Å². The summed E-state index contributed by atoms with van der Waals surface area (Å²) in [5.74, 6) is -0.294. The zero-order chi connectivity index (χ0) is 31.1. The van der Waals surface area contributed by atoms with Gasteiger partial charge in [0.2, 0.25) is 0 Å². The minimum Gasteiger partial charge on any atom is -0.466 e. The molecule has 0 spiro atoms. The van der Waals surface area contributed by atoms with Crippen molar-refractivity contribution in [3.8, 4) is 0 Å². The van der Waals surface area contributed by atoms with Gasteiger partial charge in [-0.1, -0.05) is 121 Å². The fraction of sp³-hybridized carbons (Fsp3) is 0.342. The van der Waals surface area contributed by atoms with Gasteiger partial charge in [-0.3, -0.25) is 4.79 Å². The molecule has 5 atom stereocenters. The van der Waals surface area contributed by atoms with Crippen LogP contribution in [-0.2, 0) is 54.9 Å². The molecule has 0 amide bonds. The van der Waals surface area contributed by atoms with Crippen LogP contribution in [0.2, 0.25) is 0 Å². The van der Waals surface area contributed by atoms with E-state index >= 15 is 0 Å². The molecule has 4 aromatic rings. The molecule has 7 nitrogen and oxygen atoms in total. The van der Waals surface area contributed by atoms with E-state index in [9.17, 15) is 4.79 Å². The highest BCUT2D eigenvalue weighted by molar-refractivity contribution is 5.70. The molecular weight excluding hydrogens is 566 g/mol. The third kappa shape index (κ3) is 10.1. The summed E-state index contributed by atoms with van der Waals surface area (Å²) in [7, 11) is 0. The van der Waals surface area contributed by atoms with Gasteiger partial charge in [-0.15, -0.1) is 0 Å². The van der Waals surface area contributed by atoms with Crippen molar-refractivity contribution in [3.05, 3.63) is 144 Å². The van der Waals surface area contributed by atoms with Gasteiger partial charge in [0.25, 0.3) is 0 Å². The lowest BCUT2D eigenvalue weighted by atomic mass is 9.88. The lowest BCUT2D eigenvalue weighted by molar-refractivity contribution is -0.197. The van der Waals surface area contributed by atoms with Crippen LogP contribution in [0.25, 0.3) is 0 Å². The van der Waals surface area contributed by atoms with Crippen molar-refractivity contribution in [1.82, 2.24) is 5.32 Å². The van der Waals surface area contributed by atoms with Gasteiger partial charge >= 0.3 is 5.97 Å². The molecule has 5 rings (SSSR count). The quantitative estimate of drug-likeness (QED) is 0.151. The number of nitrogens with one attached hydrogen (secondary N) is 1. The number of hydrogen-bond donors (Lipinski definition) is 1. The molecular formula is C38H43NO6. The van der Waals surface area contributed by atoms with Crippen LogP contribution in [0.15, 0.2) is 121 Å². The van der Waals surface area contributed by atoms with E-state index in [0.717, 1.165) is 22.3 Å². The van der Waals surface area contributed by atoms with E-state index in [4.69, 9.17) is 23.7 Å². The first-order valence-electron chi connectivity index (χ1n) is 15.7. The molecule has 0 aliphatic carbocycles. The molecule has 1 aliphatic rings. The van der Waals surface area contributed by atoms with E-state index in [0.29, 0.717) is 39.6 Å². The van der Waals surface area contributed by atoms with Gasteiger partial charge < -0.3 is 29.0 Å². The van der Waals surface area contributed by atoms with E-state index in [1.807, 2.05) is 128 Å². The third-order valence-corrected chi connectivity index (χ3v) is 7.83. The largest absolute Gasteiger partial charge is 0.466 e. The van der Waals surface area contributed by atoms with Crippen LogP contribution in [-0.4, -0.2) is 49.6 Å². The minimum absolute atomic E-state index is 0.124. The molecule has 0 aromatic heterocycles. The average molecular weight is 610 g/mol. The van der Waals surface area contributed by atoms with Gasteiger partial charge in [-0.25, -0.2) is 0 Å². The van der Waals surface area contributed by atoms with Gasteiger partial charge in [-0.2, -0.15) is 0 Å². The van der Waals surface area contributed by atoms with Gasteiger partial charge in [0.1, 0.15) is 18.3 Å². The first kappa shape index (κ1) is 32.5. The summed E-state index contributed by atoms with van der Waals surface area (Å²) in [6.45, 7) is 4.04. The van der Waals surface area contributed by atoms with Crippen molar-refractivity contribution in [2.75, 3.05) is 13.2 Å². The Hall–Kier alpha value is -3.85. The second kappa shape index (κ2) is 17.6. The molecule has 4 aromatic carbocycles. The van der Waals surface area contributed by atoms with Gasteiger partial charge in [0.05, 0.1) is 52.1 Å². The van der Waals surface area contributed by atoms with E-state index in [1.165, 1.54) is 0 Å². The fourth-order valence-corrected chi connectivity index (χ4v) is 5.62. The first-order chi connectivity index (χ1) is 22.2. The van der Waals surface area contributed by atoms with E-state index in [1.54, 1.807) is 0 Å². The molecule has 236 valence electrons. The van der Waals surface area contributed by atoms with Crippen LogP contribution >= 0.6 is 0 Å². The highest BCUT2D eigenvalue weighted by atomic mass is 16.6. The van der Waals surface area contributed by atoms with Crippen molar-refractivity contribution in [2.45, 2.75) is 70.2 Å². The molecule has 0 radical (unpaired) electrons. The Labute approximate surface area is 266 Å². The molecule has 0 saturated carbocycles. The Kier molecular flexibility index (Phi) is 12.7. The normalized spacial score (nSPS) is 21.3. The Balaban J connectivity index is 1.44. The van der Waals surface area contributed by atoms with Crippen LogP contribution in [0.1, 0.15) is 35.6 Å². The molecule has 1 N–H and O–H groups in total. The minimum atomic E-state index is -0.511. The molecule has 1 aliphatic heterocycles. The maximum Gasteiger partial charge on any atom is 0.307 e. The van der Waals surface area contributed by atoms with Crippen LogP contribution in [0, 0.1) is 0 Å². The number of ether oxygens (including phenoxy) is 5. The van der Waals surface area contributed by atoms with Gasteiger partial charge in [0, 0.05) is 6.04 Å². The van der Waals surface area contributed by atoms with Crippen molar-refractivity contribution in [2.24, 2.45) is 0 Å². The fourth-order valence-electron chi connectivity index (χ4n) is 5.62. The van der Waals surface area contributed by atoms with E-state index in [-0.39, 0.29) is 18.4 Å². The smallest absolute Gasteiger partial charge is 0.307 e. The van der Waals surface area contributed by atoms with Crippen LogP contribution in [0.5, 0.6) is 0 Å². The third-order valence-electron chi connectivity index (χ3n) is 7.83. The zero-order valence-electron chi connectivity index (χ0n) is 25.8. The topological polar surface area (TPSA) is 75.3 Å². The number of carbonyl (C=O) groups excluding carboxylic acids is 1. The van der Waals surface area contributed by atoms with Crippen LogP contribution < -0.4 is 5.32 Å². The highest BCUT2D eigenvalue weighted by Crippen LogP contribution is 2.29. The first-order valence-corrected chi connectivity index (χ1v) is 15.7. The number of piperidine rings is 1. The van der Waals surface area contributed by atoms with Gasteiger partial charge in [0.15, 0.2) is 0 Å². The molecule has 0 bridgehead atoms. The summed E-state index contributed by atoms with van der Waals surface area (Å²) >= 11 is 0. The zero-order valence-corrected chi connectivity index (χ0v) is 25.8. The SMILES string of the molecule is CCOC(=O)C[C@@H]1N[C@@H](COCc2ccccc2)[C@@H](OCc2ccccc2)[C@H](OCc2ccccc2)[C@H]1OCc1ccccc1. The lowest BCUT2D eigenvalue weighted by Gasteiger charge is -2.47. The van der Waals surface area contributed by atoms with Crippen molar-refractivity contribution < 1.29 is 28.5 Å². The highest BCUT2D eigenvalue weighted by Gasteiger charge is 2.47. The summed E-state index contributed by atoms with van der Waals surface area (Å²) in [5, 5.41) is 3.67. The van der Waals surface area contributed by atoms with Crippen molar-refractivity contribution in [1.29, 1.82) is 0 Å². The van der Waals surface area contributed by atoms with E-state index in [2.05, 4.69) is 5.32 Å². The number of esters is 1. The number of carbonyl (C=O) groups is 1. The molecule has 7 heteroatoms. The second-order valence-electron chi connectivity index (χ2n) is 11.2. The van der Waals surface area contributed by atoms with Crippen LogP contribution in [0.3, 0.4) is 0 Å². The average Bonchev–Trinajstić information content (AvgIpc) is 3.08. The molecule has 1 saturated heterocycles. The summed E-state index contributed by atoms with van der Waals surface area (Å²) in [4.78, 5) is 12.9. The standard InChI is InChI=1S/C38H43NO6/c1-2-42-35(40)23-33-36(43-25-30-17-9-4-10-18-30)38(45-27-32-21-13-6-14-22-32)37(44-26-31-19-11-5-12-20-31)34(39-33)28-41-24-29-15-7-3-8-16-29/h3-22,33-34,36-39H,2,23-28H2,1H3/t33-,34-,36-,37+,38+/m0/s1. The molecule has 0 unspecified atom stereocenters.